The zero-order chi connectivity index (χ0) is 27.7. The number of nitrogens with two attached hydrogens (primary N) is 1. The first-order valence-electron chi connectivity index (χ1n) is 12.2. The first kappa shape index (κ1) is 25.8. The molecule has 200 valence electrons. The lowest BCUT2D eigenvalue weighted by molar-refractivity contribution is 0.0577. The van der Waals surface area contributed by atoms with Crippen LogP contribution < -0.4 is 15.8 Å². The van der Waals surface area contributed by atoms with Crippen LogP contribution in [0.1, 0.15) is 58.6 Å². The number of carbonyl (C=O) groups excluding carboxylic acids is 2. The van der Waals surface area contributed by atoms with E-state index in [0.29, 0.717) is 52.5 Å². The number of aromatic nitrogens is 5. The summed E-state index contributed by atoms with van der Waals surface area (Å²) < 4.78 is 35.4. The average molecular weight is 535 g/mol. The van der Waals surface area contributed by atoms with Crippen LogP contribution in [0.15, 0.2) is 42.6 Å². The van der Waals surface area contributed by atoms with E-state index in [1.807, 2.05) is 6.07 Å². The standard InChI is InChI=1S/C26H24F2N8O3/c1-35-23-16(13-31-35)10-19(22(30)37)25(33-23)39-18-8-6-17(7-9-18)32-24(38)20-11-21(36(34-20)26(27)28)15-4-2-14(12-29)3-5-15/h2-5,10-11,13,17-18,26H,6-9H2,1H3,(H2,30,37)(H,32,38). The number of benzene rings is 1. The maximum Gasteiger partial charge on any atom is 0.333 e. The predicted molar refractivity (Wildman–Crippen MR) is 135 cm³/mol. The van der Waals surface area contributed by atoms with E-state index >= 15 is 0 Å². The number of pyridine rings is 1. The van der Waals surface area contributed by atoms with E-state index < -0.39 is 18.4 Å². The van der Waals surface area contributed by atoms with Crippen molar-refractivity contribution in [3.8, 4) is 23.2 Å². The number of nitrogens with one attached hydrogen (secondary N) is 1. The van der Waals surface area contributed by atoms with Gasteiger partial charge in [-0.05, 0) is 49.9 Å². The van der Waals surface area contributed by atoms with Gasteiger partial charge < -0.3 is 15.8 Å². The zero-order valence-electron chi connectivity index (χ0n) is 20.8. The van der Waals surface area contributed by atoms with E-state index in [0.717, 1.165) is 0 Å². The lowest BCUT2D eigenvalue weighted by atomic mass is 9.93. The van der Waals surface area contributed by atoms with Crippen molar-refractivity contribution in [2.75, 3.05) is 0 Å². The highest BCUT2D eigenvalue weighted by Crippen LogP contribution is 2.29. The summed E-state index contributed by atoms with van der Waals surface area (Å²) in [6.45, 7) is -2.95. The fraction of sp³-hybridized carbons (Fsp3) is 0.308. The maximum atomic E-state index is 13.6. The second kappa shape index (κ2) is 10.5. The van der Waals surface area contributed by atoms with E-state index in [2.05, 4.69) is 20.5 Å². The summed E-state index contributed by atoms with van der Waals surface area (Å²) in [5, 5.41) is 20.5. The Morgan fingerprint density at radius 2 is 1.90 bits per heavy atom. The Morgan fingerprint density at radius 1 is 1.18 bits per heavy atom. The SMILES string of the molecule is Cn1ncc2cc(C(N)=O)c(OC3CCC(NC(=O)c4cc(-c5ccc(C#N)cc5)n(C(F)F)n4)CC3)nc21. The van der Waals surface area contributed by atoms with Gasteiger partial charge in [0.2, 0.25) is 5.88 Å². The molecule has 2 amide bonds. The number of rotatable bonds is 7. The number of alkyl halides is 2. The number of hydrogen-bond acceptors (Lipinski definition) is 7. The number of halogens is 2. The third kappa shape index (κ3) is 5.26. The van der Waals surface area contributed by atoms with E-state index in [1.54, 1.807) is 24.0 Å². The molecule has 0 saturated heterocycles. The number of aryl methyl sites for hydroxylation is 1. The number of ether oxygens (including phenoxy) is 1. The second-order valence-electron chi connectivity index (χ2n) is 9.28. The molecule has 0 unspecified atom stereocenters. The third-order valence-electron chi connectivity index (χ3n) is 6.69. The van der Waals surface area contributed by atoms with Gasteiger partial charge in [-0.2, -0.15) is 29.2 Å². The van der Waals surface area contributed by atoms with Gasteiger partial charge in [-0.15, -0.1) is 0 Å². The minimum atomic E-state index is -2.95. The number of carbonyl (C=O) groups is 2. The number of hydrogen-bond donors (Lipinski definition) is 2. The molecule has 0 radical (unpaired) electrons. The van der Waals surface area contributed by atoms with Crippen molar-refractivity contribution in [3.05, 3.63) is 59.4 Å². The molecular weight excluding hydrogens is 510 g/mol. The highest BCUT2D eigenvalue weighted by Gasteiger charge is 2.28. The van der Waals surface area contributed by atoms with Gasteiger partial charge in [0.1, 0.15) is 11.7 Å². The number of nitriles is 1. The molecule has 1 aromatic carbocycles. The van der Waals surface area contributed by atoms with Crippen molar-refractivity contribution < 1.29 is 23.1 Å². The van der Waals surface area contributed by atoms with Crippen LogP contribution in [0, 0.1) is 11.3 Å². The Balaban J connectivity index is 1.24. The van der Waals surface area contributed by atoms with E-state index in [4.69, 9.17) is 15.7 Å². The van der Waals surface area contributed by atoms with Crippen molar-refractivity contribution in [1.29, 1.82) is 5.26 Å². The first-order chi connectivity index (χ1) is 18.7. The summed E-state index contributed by atoms with van der Waals surface area (Å²) in [5.41, 5.74) is 6.98. The van der Waals surface area contributed by atoms with Gasteiger partial charge in [0.25, 0.3) is 11.8 Å². The second-order valence-corrected chi connectivity index (χ2v) is 9.28. The molecule has 0 aliphatic heterocycles. The quantitative estimate of drug-likeness (QED) is 0.369. The monoisotopic (exact) mass is 534 g/mol. The highest BCUT2D eigenvalue weighted by atomic mass is 19.3. The van der Waals surface area contributed by atoms with E-state index in [9.17, 15) is 18.4 Å². The minimum absolute atomic E-state index is 0.0693. The van der Waals surface area contributed by atoms with E-state index in [-0.39, 0.29) is 35.0 Å². The lowest BCUT2D eigenvalue weighted by Gasteiger charge is -2.29. The van der Waals surface area contributed by atoms with Crippen molar-refractivity contribution in [1.82, 2.24) is 29.9 Å². The summed E-state index contributed by atoms with van der Waals surface area (Å²) >= 11 is 0. The zero-order valence-corrected chi connectivity index (χ0v) is 20.8. The van der Waals surface area contributed by atoms with Gasteiger partial charge in [-0.25, -0.2) is 4.68 Å². The van der Waals surface area contributed by atoms with Crippen molar-refractivity contribution in [2.45, 2.75) is 44.4 Å². The Labute approximate surface area is 221 Å². The molecule has 1 fully saturated rings. The van der Waals surface area contributed by atoms with Crippen molar-refractivity contribution in [3.63, 3.8) is 0 Å². The van der Waals surface area contributed by atoms with E-state index in [1.165, 1.54) is 30.3 Å². The predicted octanol–water partition coefficient (Wildman–Crippen LogP) is 3.32. The van der Waals surface area contributed by atoms with Crippen LogP contribution >= 0.6 is 0 Å². The summed E-state index contributed by atoms with van der Waals surface area (Å²) in [7, 11) is 1.73. The first-order valence-corrected chi connectivity index (χ1v) is 12.2. The summed E-state index contributed by atoms with van der Waals surface area (Å²) in [6, 6.07) is 10.7. The molecule has 11 nitrogen and oxygen atoms in total. The topological polar surface area (TPSA) is 154 Å². The Hall–Kier alpha value is -4.86. The molecule has 3 N–H and O–H groups in total. The average Bonchev–Trinajstić information content (AvgIpc) is 3.54. The molecule has 1 aliphatic rings. The summed E-state index contributed by atoms with van der Waals surface area (Å²) in [5.74, 6) is -1.08. The number of primary amides is 1. The highest BCUT2D eigenvalue weighted by molar-refractivity contribution is 5.98. The van der Waals surface area contributed by atoms with Crippen LogP contribution in [0.25, 0.3) is 22.3 Å². The molecule has 39 heavy (non-hydrogen) atoms. The fourth-order valence-electron chi connectivity index (χ4n) is 4.65. The van der Waals surface area contributed by atoms with Gasteiger partial charge in [0, 0.05) is 24.0 Å². The molecule has 13 heteroatoms. The Bertz CT molecular complexity index is 1580. The van der Waals surface area contributed by atoms with Crippen LogP contribution in [-0.4, -0.2) is 48.5 Å². The number of fused-ring (bicyclic) bond motifs is 1. The van der Waals surface area contributed by atoms with Crippen LogP contribution in [0.4, 0.5) is 8.78 Å². The molecular formula is C26H24F2N8O3. The van der Waals surface area contributed by atoms with Gasteiger partial charge in [0.15, 0.2) is 11.3 Å². The van der Waals surface area contributed by atoms with Crippen LogP contribution in [0.5, 0.6) is 5.88 Å². The fourth-order valence-corrected chi connectivity index (χ4v) is 4.65. The number of nitrogens with zero attached hydrogens (tertiary/aromatic N) is 6. The Kier molecular flexibility index (Phi) is 6.93. The summed E-state index contributed by atoms with van der Waals surface area (Å²) in [6.07, 6.45) is 3.59. The number of amides is 2. The van der Waals surface area contributed by atoms with Gasteiger partial charge in [-0.3, -0.25) is 14.3 Å². The molecule has 0 bridgehead atoms. The molecule has 3 aromatic heterocycles. The minimum Gasteiger partial charge on any atom is -0.474 e. The van der Waals surface area contributed by atoms with Gasteiger partial charge in [0.05, 0.1) is 23.5 Å². The molecule has 3 heterocycles. The summed E-state index contributed by atoms with van der Waals surface area (Å²) in [4.78, 5) is 29.3. The molecule has 4 aromatic rings. The van der Waals surface area contributed by atoms with Crippen molar-refractivity contribution in [2.24, 2.45) is 12.8 Å². The van der Waals surface area contributed by atoms with Gasteiger partial charge >= 0.3 is 6.55 Å². The van der Waals surface area contributed by atoms with Crippen molar-refractivity contribution >= 4 is 22.8 Å². The largest absolute Gasteiger partial charge is 0.474 e. The molecule has 1 saturated carbocycles. The maximum absolute atomic E-state index is 13.6. The van der Waals surface area contributed by atoms with Crippen LogP contribution in [0.3, 0.4) is 0 Å². The molecule has 0 spiro atoms. The van der Waals surface area contributed by atoms with Crippen LogP contribution in [-0.2, 0) is 7.05 Å². The molecule has 5 rings (SSSR count). The molecule has 0 atom stereocenters. The Morgan fingerprint density at radius 3 is 2.54 bits per heavy atom. The molecule has 1 aliphatic carbocycles. The third-order valence-corrected chi connectivity index (χ3v) is 6.69. The lowest BCUT2D eigenvalue weighted by Crippen LogP contribution is -2.40. The smallest absolute Gasteiger partial charge is 0.333 e. The van der Waals surface area contributed by atoms with Gasteiger partial charge in [-0.1, -0.05) is 12.1 Å². The normalized spacial score (nSPS) is 17.2. The van der Waals surface area contributed by atoms with Crippen LogP contribution in [0.2, 0.25) is 0 Å².